The normalized spacial score (nSPS) is 11.8. The second-order valence-corrected chi connectivity index (χ2v) is 6.27. The van der Waals surface area contributed by atoms with Crippen molar-refractivity contribution in [1.82, 2.24) is 5.32 Å². The van der Waals surface area contributed by atoms with Gasteiger partial charge >= 0.3 is 5.97 Å². The smallest absolute Gasteiger partial charge is 0.328 e. The van der Waals surface area contributed by atoms with Crippen LogP contribution in [0.15, 0.2) is 66.7 Å². The third kappa shape index (κ3) is 3.91. The number of hydrogen-bond donors (Lipinski definition) is 1. The second kappa shape index (κ2) is 7.83. The number of amides is 1. The summed E-state index contributed by atoms with van der Waals surface area (Å²) in [6, 6.07) is 20.4. The average Bonchev–Trinajstić information content (AvgIpc) is 2.66. The number of nitrogens with one attached hydrogen (secondary N) is 1. The van der Waals surface area contributed by atoms with Gasteiger partial charge in [0.15, 0.2) is 0 Å². The van der Waals surface area contributed by atoms with Crippen molar-refractivity contribution in [3.63, 3.8) is 0 Å². The second-order valence-electron chi connectivity index (χ2n) is 6.27. The monoisotopic (exact) mass is 347 g/mol. The van der Waals surface area contributed by atoms with E-state index in [4.69, 9.17) is 4.74 Å². The van der Waals surface area contributed by atoms with Gasteiger partial charge < -0.3 is 10.1 Å². The van der Waals surface area contributed by atoms with Crippen LogP contribution in [0.3, 0.4) is 0 Å². The zero-order valence-corrected chi connectivity index (χ0v) is 14.9. The molecule has 1 atom stereocenters. The van der Waals surface area contributed by atoms with Gasteiger partial charge in [-0.3, -0.25) is 4.79 Å². The molecular weight excluding hydrogens is 326 g/mol. The number of aryl methyl sites for hydroxylation is 1. The predicted molar refractivity (Wildman–Crippen MR) is 102 cm³/mol. The first-order valence-electron chi connectivity index (χ1n) is 8.50. The topological polar surface area (TPSA) is 55.4 Å². The number of ether oxygens (including phenoxy) is 1. The van der Waals surface area contributed by atoms with E-state index in [0.29, 0.717) is 12.0 Å². The Morgan fingerprint density at radius 2 is 1.73 bits per heavy atom. The third-order valence-electron chi connectivity index (χ3n) is 4.35. The molecule has 0 fully saturated rings. The van der Waals surface area contributed by atoms with E-state index in [1.165, 1.54) is 7.11 Å². The lowest BCUT2D eigenvalue weighted by atomic mass is 10.0. The van der Waals surface area contributed by atoms with Crippen LogP contribution < -0.4 is 5.32 Å². The highest BCUT2D eigenvalue weighted by Gasteiger charge is 2.23. The molecule has 132 valence electrons. The van der Waals surface area contributed by atoms with Crippen molar-refractivity contribution in [2.24, 2.45) is 0 Å². The van der Waals surface area contributed by atoms with Crippen molar-refractivity contribution in [3.05, 3.63) is 83.4 Å². The third-order valence-corrected chi connectivity index (χ3v) is 4.35. The SMILES string of the molecule is COC(=O)[C@H](Cc1cccc(C)c1)NC(=O)c1cccc2ccccc12. The van der Waals surface area contributed by atoms with Crippen LogP contribution in [0.25, 0.3) is 10.8 Å². The Morgan fingerprint density at radius 3 is 2.50 bits per heavy atom. The average molecular weight is 347 g/mol. The Balaban J connectivity index is 1.86. The zero-order valence-electron chi connectivity index (χ0n) is 14.9. The van der Waals surface area contributed by atoms with Gasteiger partial charge in [0.2, 0.25) is 0 Å². The van der Waals surface area contributed by atoms with E-state index in [2.05, 4.69) is 5.32 Å². The van der Waals surface area contributed by atoms with Gasteiger partial charge in [-0.2, -0.15) is 0 Å². The first-order valence-corrected chi connectivity index (χ1v) is 8.50. The summed E-state index contributed by atoms with van der Waals surface area (Å²) >= 11 is 0. The maximum absolute atomic E-state index is 12.8. The number of hydrogen-bond acceptors (Lipinski definition) is 3. The fourth-order valence-corrected chi connectivity index (χ4v) is 3.07. The molecule has 0 aliphatic rings. The predicted octanol–water partition coefficient (Wildman–Crippen LogP) is 3.66. The molecule has 0 aliphatic heterocycles. The molecule has 0 aliphatic carbocycles. The van der Waals surface area contributed by atoms with Crippen molar-refractivity contribution >= 4 is 22.6 Å². The molecule has 1 N–H and O–H groups in total. The molecule has 0 spiro atoms. The Hall–Kier alpha value is -3.14. The molecule has 0 radical (unpaired) electrons. The highest BCUT2D eigenvalue weighted by molar-refractivity contribution is 6.08. The Morgan fingerprint density at radius 1 is 1.00 bits per heavy atom. The van der Waals surface area contributed by atoms with Gasteiger partial charge in [0.1, 0.15) is 6.04 Å². The summed E-state index contributed by atoms with van der Waals surface area (Å²) in [6.07, 6.45) is 0.380. The van der Waals surface area contributed by atoms with Crippen LogP contribution in [0.4, 0.5) is 0 Å². The molecule has 4 nitrogen and oxygen atoms in total. The van der Waals surface area contributed by atoms with Crippen LogP contribution in [0, 0.1) is 6.92 Å². The molecule has 0 unspecified atom stereocenters. The molecule has 4 heteroatoms. The number of benzene rings is 3. The summed E-state index contributed by atoms with van der Waals surface area (Å²) in [6.45, 7) is 1.99. The van der Waals surface area contributed by atoms with E-state index in [0.717, 1.165) is 21.9 Å². The lowest BCUT2D eigenvalue weighted by Gasteiger charge is -2.17. The van der Waals surface area contributed by atoms with Gasteiger partial charge in [0, 0.05) is 12.0 Å². The van der Waals surface area contributed by atoms with Gasteiger partial charge in [-0.05, 0) is 29.3 Å². The minimum atomic E-state index is -0.742. The lowest BCUT2D eigenvalue weighted by molar-refractivity contribution is -0.142. The van der Waals surface area contributed by atoms with E-state index in [9.17, 15) is 9.59 Å². The first-order chi connectivity index (χ1) is 12.6. The lowest BCUT2D eigenvalue weighted by Crippen LogP contribution is -2.43. The van der Waals surface area contributed by atoms with E-state index < -0.39 is 12.0 Å². The van der Waals surface area contributed by atoms with Crippen LogP contribution >= 0.6 is 0 Å². The molecular formula is C22H21NO3. The maximum Gasteiger partial charge on any atom is 0.328 e. The molecule has 3 aromatic carbocycles. The number of esters is 1. The molecule has 0 saturated heterocycles. The van der Waals surface area contributed by atoms with Crippen molar-refractivity contribution in [1.29, 1.82) is 0 Å². The molecule has 0 bridgehead atoms. The number of methoxy groups -OCH3 is 1. The Bertz CT molecular complexity index is 944. The molecule has 0 saturated carbocycles. The summed E-state index contributed by atoms with van der Waals surface area (Å²) < 4.78 is 4.89. The summed E-state index contributed by atoms with van der Waals surface area (Å²) in [7, 11) is 1.33. The molecule has 0 heterocycles. The molecule has 3 aromatic rings. The van der Waals surface area contributed by atoms with Crippen LogP contribution in [0.2, 0.25) is 0 Å². The zero-order chi connectivity index (χ0) is 18.5. The Labute approximate surface area is 152 Å². The van der Waals surface area contributed by atoms with Gasteiger partial charge in [-0.25, -0.2) is 4.79 Å². The minimum absolute atomic E-state index is 0.287. The van der Waals surface area contributed by atoms with Crippen molar-refractivity contribution in [2.75, 3.05) is 7.11 Å². The number of fused-ring (bicyclic) bond motifs is 1. The molecule has 1 amide bonds. The van der Waals surface area contributed by atoms with Crippen LogP contribution in [0.1, 0.15) is 21.5 Å². The van der Waals surface area contributed by atoms with Gasteiger partial charge in [0.05, 0.1) is 7.11 Å². The number of carbonyl (C=O) groups excluding carboxylic acids is 2. The van der Waals surface area contributed by atoms with Crippen molar-refractivity contribution < 1.29 is 14.3 Å². The Kier molecular flexibility index (Phi) is 5.32. The van der Waals surface area contributed by atoms with Crippen molar-refractivity contribution in [3.8, 4) is 0 Å². The summed E-state index contributed by atoms with van der Waals surface area (Å²) in [5.41, 5.74) is 2.62. The fourth-order valence-electron chi connectivity index (χ4n) is 3.07. The summed E-state index contributed by atoms with van der Waals surface area (Å²) in [4.78, 5) is 25.0. The standard InChI is InChI=1S/C22H21NO3/c1-15-7-5-8-16(13-15)14-20(22(25)26-2)23-21(24)19-12-6-10-17-9-3-4-11-18(17)19/h3-13,20H,14H2,1-2H3,(H,23,24)/t20-/m0/s1. The fraction of sp³-hybridized carbons (Fsp3) is 0.182. The van der Waals surface area contributed by atoms with Crippen LogP contribution in [0.5, 0.6) is 0 Å². The highest BCUT2D eigenvalue weighted by Crippen LogP contribution is 2.19. The first kappa shape index (κ1) is 17.7. The molecule has 0 aromatic heterocycles. The summed E-state index contributed by atoms with van der Waals surface area (Å²) in [5.74, 6) is -0.745. The quantitative estimate of drug-likeness (QED) is 0.717. The van der Waals surface area contributed by atoms with Gasteiger partial charge in [-0.1, -0.05) is 66.2 Å². The van der Waals surface area contributed by atoms with E-state index in [1.54, 1.807) is 6.07 Å². The van der Waals surface area contributed by atoms with Gasteiger partial charge in [0.25, 0.3) is 5.91 Å². The van der Waals surface area contributed by atoms with Crippen molar-refractivity contribution in [2.45, 2.75) is 19.4 Å². The summed E-state index contributed by atoms with van der Waals surface area (Å²) in [5, 5.41) is 4.66. The highest BCUT2D eigenvalue weighted by atomic mass is 16.5. The number of carbonyl (C=O) groups is 2. The van der Waals surface area contributed by atoms with E-state index >= 15 is 0 Å². The largest absolute Gasteiger partial charge is 0.467 e. The van der Waals surface area contributed by atoms with E-state index in [1.807, 2.05) is 67.6 Å². The van der Waals surface area contributed by atoms with Gasteiger partial charge in [-0.15, -0.1) is 0 Å². The van der Waals surface area contributed by atoms with E-state index in [-0.39, 0.29) is 5.91 Å². The number of rotatable bonds is 5. The van der Waals surface area contributed by atoms with Crippen LogP contribution in [-0.2, 0) is 16.0 Å². The van der Waals surface area contributed by atoms with Crippen LogP contribution in [-0.4, -0.2) is 25.0 Å². The minimum Gasteiger partial charge on any atom is -0.467 e. The molecule has 26 heavy (non-hydrogen) atoms. The molecule has 3 rings (SSSR count). The maximum atomic E-state index is 12.8.